The summed E-state index contributed by atoms with van der Waals surface area (Å²) in [7, 11) is -4.26. The quantitative estimate of drug-likeness (QED) is 0.465. The van der Waals surface area contributed by atoms with E-state index in [-0.39, 0.29) is 23.0 Å². The molecule has 0 radical (unpaired) electrons. The largest absolute Gasteiger partial charge is 0.495 e. The average molecular weight is 510 g/mol. The molecule has 3 aromatic rings. The van der Waals surface area contributed by atoms with Crippen LogP contribution in [0.1, 0.15) is 39.7 Å². The Morgan fingerprint density at radius 1 is 1.06 bits per heavy atom. The monoisotopic (exact) mass is 509 g/mol. The predicted molar refractivity (Wildman–Crippen MR) is 133 cm³/mol. The van der Waals surface area contributed by atoms with Crippen LogP contribution in [0.15, 0.2) is 41.6 Å². The first-order valence-corrected chi connectivity index (χ1v) is 13.9. The van der Waals surface area contributed by atoms with Gasteiger partial charge in [0.15, 0.2) is 9.84 Å². The Hall–Kier alpha value is -2.63. The first-order valence-electron chi connectivity index (χ1n) is 10.8. The van der Waals surface area contributed by atoms with E-state index in [2.05, 4.69) is 9.71 Å². The summed E-state index contributed by atoms with van der Waals surface area (Å²) in [6.07, 6.45) is 3.60. The average Bonchev–Trinajstić information content (AvgIpc) is 3.14. The molecule has 0 fully saturated rings. The van der Waals surface area contributed by atoms with Crippen molar-refractivity contribution in [3.05, 3.63) is 42.2 Å². The van der Waals surface area contributed by atoms with Crippen LogP contribution in [0.2, 0.25) is 0 Å². The number of rotatable bonds is 9. The van der Waals surface area contributed by atoms with Gasteiger partial charge < -0.3 is 9.47 Å². The number of hydrogen-bond donors (Lipinski definition) is 1. The van der Waals surface area contributed by atoms with E-state index in [1.165, 1.54) is 13.3 Å². The molecular formula is C23H31N3O6S2. The molecule has 0 aliphatic heterocycles. The number of benzene rings is 1. The number of pyridine rings is 1. The fourth-order valence-corrected chi connectivity index (χ4v) is 5.97. The van der Waals surface area contributed by atoms with Gasteiger partial charge in [-0.05, 0) is 51.0 Å². The highest BCUT2D eigenvalue weighted by Gasteiger charge is 2.34. The number of nitrogens with zero attached hydrogens (tertiary/aromatic N) is 2. The van der Waals surface area contributed by atoms with E-state index in [1.54, 1.807) is 63.6 Å². The number of imidazole rings is 1. The molecule has 34 heavy (non-hydrogen) atoms. The summed E-state index contributed by atoms with van der Waals surface area (Å²) in [6, 6.07) is 6.83. The van der Waals surface area contributed by atoms with Crippen LogP contribution in [0, 0.1) is 0 Å². The highest BCUT2D eigenvalue weighted by atomic mass is 32.2. The Kier molecular flexibility index (Phi) is 7.30. The van der Waals surface area contributed by atoms with Gasteiger partial charge in [0.2, 0.25) is 10.0 Å². The lowest BCUT2D eigenvalue weighted by Gasteiger charge is -2.21. The molecule has 0 atom stereocenters. The van der Waals surface area contributed by atoms with Crippen molar-refractivity contribution in [3.8, 4) is 17.0 Å². The van der Waals surface area contributed by atoms with Gasteiger partial charge in [-0.2, -0.15) is 0 Å². The molecule has 0 aliphatic carbocycles. The minimum absolute atomic E-state index is 0.000267. The van der Waals surface area contributed by atoms with Crippen LogP contribution in [0.5, 0.6) is 5.75 Å². The van der Waals surface area contributed by atoms with Crippen LogP contribution in [0.3, 0.4) is 0 Å². The van der Waals surface area contributed by atoms with Crippen LogP contribution in [-0.2, 0) is 31.2 Å². The van der Waals surface area contributed by atoms with Crippen LogP contribution in [0.4, 0.5) is 5.69 Å². The lowest BCUT2D eigenvalue weighted by Crippen LogP contribution is -2.28. The fourth-order valence-electron chi connectivity index (χ4n) is 3.54. The maximum Gasteiger partial charge on any atom is 0.232 e. The van der Waals surface area contributed by atoms with Crippen molar-refractivity contribution in [2.45, 2.75) is 50.4 Å². The second kappa shape index (κ2) is 9.55. The fraction of sp³-hybridized carbons (Fsp3) is 0.435. The summed E-state index contributed by atoms with van der Waals surface area (Å²) in [5.74, 6) is 0.209. The summed E-state index contributed by atoms with van der Waals surface area (Å²) in [5.41, 5.74) is 2.88. The number of ether oxygens (including phenoxy) is 2. The zero-order valence-electron chi connectivity index (χ0n) is 20.2. The molecule has 2 heterocycles. The second-order valence-electron chi connectivity index (χ2n) is 8.97. The van der Waals surface area contributed by atoms with Gasteiger partial charge in [-0.25, -0.2) is 21.8 Å². The van der Waals surface area contributed by atoms with Gasteiger partial charge in [0.25, 0.3) is 0 Å². The molecule has 9 nitrogen and oxygen atoms in total. The van der Waals surface area contributed by atoms with Crippen molar-refractivity contribution >= 4 is 31.2 Å². The number of hydrogen-bond acceptors (Lipinski definition) is 7. The van der Waals surface area contributed by atoms with E-state index >= 15 is 0 Å². The molecule has 0 bridgehead atoms. The minimum atomic E-state index is -3.73. The Morgan fingerprint density at radius 3 is 2.35 bits per heavy atom. The SMILES string of the molecule is CCCS(=O)(=O)Nc1cc(COC)cc(-c2cnc3cc(OC)c(S(=O)(=O)C(C)(C)C)cn23)c1. The van der Waals surface area contributed by atoms with Gasteiger partial charge in [0.1, 0.15) is 16.3 Å². The van der Waals surface area contributed by atoms with Gasteiger partial charge >= 0.3 is 0 Å². The van der Waals surface area contributed by atoms with Crippen molar-refractivity contribution < 1.29 is 26.3 Å². The van der Waals surface area contributed by atoms with E-state index in [1.807, 2.05) is 6.07 Å². The van der Waals surface area contributed by atoms with Crippen molar-refractivity contribution in [1.82, 2.24) is 9.38 Å². The van der Waals surface area contributed by atoms with Crippen LogP contribution < -0.4 is 9.46 Å². The van der Waals surface area contributed by atoms with E-state index in [0.29, 0.717) is 29.0 Å². The molecule has 3 rings (SSSR count). The third kappa shape index (κ3) is 5.21. The molecule has 0 spiro atoms. The number of nitrogens with one attached hydrogen (secondary N) is 1. The van der Waals surface area contributed by atoms with E-state index in [4.69, 9.17) is 9.47 Å². The topological polar surface area (TPSA) is 116 Å². The van der Waals surface area contributed by atoms with Gasteiger partial charge in [-0.3, -0.25) is 9.12 Å². The zero-order valence-corrected chi connectivity index (χ0v) is 21.9. The van der Waals surface area contributed by atoms with Crippen molar-refractivity contribution in [2.24, 2.45) is 0 Å². The Labute approximate surface area is 201 Å². The molecule has 2 aromatic heterocycles. The third-order valence-electron chi connectivity index (χ3n) is 5.24. The predicted octanol–water partition coefficient (Wildman–Crippen LogP) is 3.88. The molecule has 0 saturated carbocycles. The van der Waals surface area contributed by atoms with Crippen molar-refractivity contribution in [3.63, 3.8) is 0 Å². The number of aromatic nitrogens is 2. The maximum atomic E-state index is 13.3. The van der Waals surface area contributed by atoms with Crippen molar-refractivity contribution in [1.29, 1.82) is 0 Å². The number of anilines is 1. The molecule has 0 amide bonds. The number of fused-ring (bicyclic) bond motifs is 1. The van der Waals surface area contributed by atoms with Crippen LogP contribution in [-0.4, -0.2) is 50.9 Å². The Bertz CT molecular complexity index is 1400. The molecule has 11 heteroatoms. The molecule has 186 valence electrons. The van der Waals surface area contributed by atoms with Crippen LogP contribution in [0.25, 0.3) is 16.9 Å². The van der Waals surface area contributed by atoms with Gasteiger partial charge in [-0.15, -0.1) is 0 Å². The third-order valence-corrected chi connectivity index (χ3v) is 9.23. The first kappa shape index (κ1) is 26.0. The summed E-state index contributed by atoms with van der Waals surface area (Å²) < 4.78 is 65.1. The first-order chi connectivity index (χ1) is 15.8. The molecular weight excluding hydrogens is 478 g/mol. The lowest BCUT2D eigenvalue weighted by molar-refractivity contribution is 0.185. The summed E-state index contributed by atoms with van der Waals surface area (Å²) in [4.78, 5) is 4.46. The van der Waals surface area contributed by atoms with Crippen molar-refractivity contribution in [2.75, 3.05) is 24.7 Å². The molecule has 0 saturated heterocycles. The summed E-state index contributed by atoms with van der Waals surface area (Å²) >= 11 is 0. The highest BCUT2D eigenvalue weighted by molar-refractivity contribution is 7.93. The van der Waals surface area contributed by atoms with Gasteiger partial charge in [-0.1, -0.05) is 6.92 Å². The number of sulfonamides is 1. The number of methoxy groups -OCH3 is 2. The summed E-state index contributed by atoms with van der Waals surface area (Å²) in [6.45, 7) is 6.95. The smallest absolute Gasteiger partial charge is 0.232 e. The molecule has 1 aromatic carbocycles. The van der Waals surface area contributed by atoms with Crippen LogP contribution >= 0.6 is 0 Å². The number of sulfone groups is 1. The molecule has 1 N–H and O–H groups in total. The standard InChI is InChI=1S/C23H31N3O6S2/c1-7-8-33(27,28)25-18-10-16(15-31-5)9-17(11-18)19-13-24-22-12-20(32-6)21(14-26(19)22)34(29,30)23(2,3)4/h9-14,25H,7-8,15H2,1-6H3. The van der Waals surface area contributed by atoms with E-state index in [9.17, 15) is 16.8 Å². The maximum absolute atomic E-state index is 13.3. The lowest BCUT2D eigenvalue weighted by atomic mass is 10.1. The molecule has 0 unspecified atom stereocenters. The zero-order chi connectivity index (χ0) is 25.3. The molecule has 0 aliphatic rings. The second-order valence-corrected chi connectivity index (χ2v) is 13.5. The van der Waals surface area contributed by atoms with Gasteiger partial charge in [0, 0.05) is 30.6 Å². The summed E-state index contributed by atoms with van der Waals surface area (Å²) in [5, 5.41) is 0. The Balaban J connectivity index is 2.23. The van der Waals surface area contributed by atoms with E-state index < -0.39 is 24.6 Å². The van der Waals surface area contributed by atoms with Gasteiger partial charge in [0.05, 0.1) is 36.1 Å². The minimum Gasteiger partial charge on any atom is -0.495 e. The highest BCUT2D eigenvalue weighted by Crippen LogP contribution is 2.35. The van der Waals surface area contributed by atoms with E-state index in [0.717, 1.165) is 5.56 Å². The normalized spacial score (nSPS) is 12.8. The Morgan fingerprint density at radius 2 is 1.76 bits per heavy atom.